The summed E-state index contributed by atoms with van der Waals surface area (Å²) in [4.78, 5) is 4.66. The van der Waals surface area contributed by atoms with E-state index >= 15 is 0 Å². The summed E-state index contributed by atoms with van der Waals surface area (Å²) < 4.78 is 5.09. The van der Waals surface area contributed by atoms with Gasteiger partial charge < -0.3 is 9.57 Å². The van der Waals surface area contributed by atoms with Crippen molar-refractivity contribution in [3.05, 3.63) is 12.3 Å². The molecule has 2 N–H and O–H groups in total. The number of hydrogen-bond acceptors (Lipinski definition) is 4. The van der Waals surface area contributed by atoms with E-state index < -0.39 is 0 Å². The molecule has 0 aromatic carbocycles. The minimum atomic E-state index is 0.530. The van der Waals surface area contributed by atoms with E-state index in [0.29, 0.717) is 6.73 Å². The zero-order valence-corrected chi connectivity index (χ0v) is 7.85. The quantitative estimate of drug-likeness (QED) is 0.245. The Hall–Kier alpha value is -0.580. The molecule has 0 unspecified atom stereocenters. The van der Waals surface area contributed by atoms with Crippen LogP contribution in [0.2, 0.25) is 0 Å². The van der Waals surface area contributed by atoms with Gasteiger partial charge in [-0.05, 0) is 19.9 Å². The minimum absolute atomic E-state index is 0.530. The Morgan fingerprint density at radius 1 is 1.42 bits per heavy atom. The zero-order chi connectivity index (χ0) is 9.23. The molecule has 0 heterocycles. The molecule has 0 saturated carbocycles. The van der Waals surface area contributed by atoms with Crippen LogP contribution < -0.4 is 10.8 Å². The van der Waals surface area contributed by atoms with Crippen LogP contribution >= 0.6 is 0 Å². The van der Waals surface area contributed by atoms with E-state index in [1.807, 2.05) is 6.92 Å². The van der Waals surface area contributed by atoms with Crippen molar-refractivity contribution in [3.8, 4) is 0 Å². The van der Waals surface area contributed by atoms with Crippen LogP contribution in [0.1, 0.15) is 13.3 Å². The summed E-state index contributed by atoms with van der Waals surface area (Å²) in [5, 5.41) is 3.10. The minimum Gasteiger partial charge on any atom is -0.484 e. The van der Waals surface area contributed by atoms with E-state index in [0.717, 1.165) is 25.3 Å². The molecule has 72 valence electrons. The molecule has 0 aliphatic carbocycles. The summed E-state index contributed by atoms with van der Waals surface area (Å²) in [5.41, 5.74) is 2.75. The van der Waals surface area contributed by atoms with Crippen LogP contribution in [0.3, 0.4) is 0 Å². The molecule has 0 saturated heterocycles. The molecule has 0 rings (SSSR count). The molecule has 0 spiro atoms. The average Bonchev–Trinajstić information content (AvgIpc) is 2.02. The SMILES string of the molecule is C=C(C)OCNCCCNOC. The first-order chi connectivity index (χ1) is 5.77. The maximum Gasteiger partial charge on any atom is 0.139 e. The number of rotatable bonds is 8. The van der Waals surface area contributed by atoms with Gasteiger partial charge in [0, 0.05) is 6.54 Å². The maximum atomic E-state index is 5.09. The lowest BCUT2D eigenvalue weighted by Gasteiger charge is -2.06. The molecule has 0 radical (unpaired) electrons. The topological polar surface area (TPSA) is 42.5 Å². The normalized spacial score (nSPS) is 9.83. The van der Waals surface area contributed by atoms with Gasteiger partial charge in [-0.2, -0.15) is 0 Å². The Balaban J connectivity index is 2.86. The third kappa shape index (κ3) is 9.42. The van der Waals surface area contributed by atoms with E-state index in [4.69, 9.17) is 4.74 Å². The summed E-state index contributed by atoms with van der Waals surface area (Å²) in [6, 6.07) is 0. The fourth-order valence-corrected chi connectivity index (χ4v) is 0.634. The zero-order valence-electron chi connectivity index (χ0n) is 7.85. The number of hydroxylamine groups is 1. The van der Waals surface area contributed by atoms with E-state index in [1.54, 1.807) is 7.11 Å². The number of ether oxygens (including phenoxy) is 1. The first-order valence-electron chi connectivity index (χ1n) is 4.02. The lowest BCUT2D eigenvalue weighted by Crippen LogP contribution is -2.23. The highest BCUT2D eigenvalue weighted by molar-refractivity contribution is 4.72. The lowest BCUT2D eigenvalue weighted by atomic mass is 10.4. The second-order valence-corrected chi connectivity index (χ2v) is 2.44. The second kappa shape index (κ2) is 8.52. The first-order valence-corrected chi connectivity index (χ1v) is 4.02. The van der Waals surface area contributed by atoms with Gasteiger partial charge in [-0.15, -0.1) is 0 Å². The van der Waals surface area contributed by atoms with Gasteiger partial charge >= 0.3 is 0 Å². The van der Waals surface area contributed by atoms with E-state index in [1.165, 1.54) is 0 Å². The van der Waals surface area contributed by atoms with Gasteiger partial charge in [0.15, 0.2) is 0 Å². The van der Waals surface area contributed by atoms with Crippen LogP contribution in [0.4, 0.5) is 0 Å². The molecule has 4 heteroatoms. The second-order valence-electron chi connectivity index (χ2n) is 2.44. The standard InChI is InChI=1S/C8H18N2O2/c1-8(2)12-7-9-5-4-6-10-11-3/h9-10H,1,4-7H2,2-3H3. The van der Waals surface area contributed by atoms with Crippen molar-refractivity contribution < 1.29 is 9.57 Å². The van der Waals surface area contributed by atoms with Gasteiger partial charge in [-0.1, -0.05) is 6.58 Å². The van der Waals surface area contributed by atoms with Crippen molar-refractivity contribution in [2.24, 2.45) is 0 Å². The Morgan fingerprint density at radius 2 is 2.17 bits per heavy atom. The predicted molar refractivity (Wildman–Crippen MR) is 48.4 cm³/mol. The Kier molecular flexibility index (Phi) is 8.10. The van der Waals surface area contributed by atoms with Gasteiger partial charge in [0.1, 0.15) is 6.73 Å². The summed E-state index contributed by atoms with van der Waals surface area (Å²) in [7, 11) is 1.61. The molecule has 12 heavy (non-hydrogen) atoms. The molecule has 0 fully saturated rings. The summed E-state index contributed by atoms with van der Waals surface area (Å²) >= 11 is 0. The monoisotopic (exact) mass is 174 g/mol. The van der Waals surface area contributed by atoms with Crippen molar-refractivity contribution in [1.29, 1.82) is 0 Å². The molecule has 0 atom stereocenters. The van der Waals surface area contributed by atoms with Crippen molar-refractivity contribution in [2.75, 3.05) is 26.9 Å². The third-order valence-electron chi connectivity index (χ3n) is 1.20. The highest BCUT2D eigenvalue weighted by Crippen LogP contribution is 1.86. The van der Waals surface area contributed by atoms with Crippen LogP contribution in [0.15, 0.2) is 12.3 Å². The molecule has 0 aliphatic rings. The Labute approximate surface area is 73.9 Å². The number of nitrogens with one attached hydrogen (secondary N) is 2. The molecular weight excluding hydrogens is 156 g/mol. The predicted octanol–water partition coefficient (Wildman–Crippen LogP) is 0.625. The van der Waals surface area contributed by atoms with E-state index in [-0.39, 0.29) is 0 Å². The fraction of sp³-hybridized carbons (Fsp3) is 0.750. The van der Waals surface area contributed by atoms with Crippen molar-refractivity contribution in [2.45, 2.75) is 13.3 Å². The van der Waals surface area contributed by atoms with Gasteiger partial charge in [0.25, 0.3) is 0 Å². The molecule has 0 aromatic rings. The highest BCUT2D eigenvalue weighted by Gasteiger charge is 1.87. The number of allylic oxidation sites excluding steroid dienone is 1. The van der Waals surface area contributed by atoms with Gasteiger partial charge in [0.2, 0.25) is 0 Å². The van der Waals surface area contributed by atoms with Gasteiger partial charge in [-0.25, -0.2) is 5.48 Å². The summed E-state index contributed by atoms with van der Waals surface area (Å²) in [5.74, 6) is 0.734. The van der Waals surface area contributed by atoms with Crippen LogP contribution in [0.5, 0.6) is 0 Å². The smallest absolute Gasteiger partial charge is 0.139 e. The number of hydrogen-bond donors (Lipinski definition) is 2. The van der Waals surface area contributed by atoms with Crippen molar-refractivity contribution >= 4 is 0 Å². The van der Waals surface area contributed by atoms with Crippen LogP contribution in [0, 0.1) is 0 Å². The Bertz CT molecular complexity index is 118. The fourth-order valence-electron chi connectivity index (χ4n) is 0.634. The van der Waals surface area contributed by atoms with Gasteiger partial charge in [0.05, 0.1) is 12.9 Å². The molecule has 0 amide bonds. The van der Waals surface area contributed by atoms with E-state index in [2.05, 4.69) is 22.2 Å². The van der Waals surface area contributed by atoms with Crippen LogP contribution in [-0.4, -0.2) is 26.9 Å². The molecule has 0 aromatic heterocycles. The molecular formula is C8H18N2O2. The largest absolute Gasteiger partial charge is 0.484 e. The Morgan fingerprint density at radius 3 is 2.75 bits per heavy atom. The molecule has 0 bridgehead atoms. The third-order valence-corrected chi connectivity index (χ3v) is 1.20. The first kappa shape index (κ1) is 11.4. The van der Waals surface area contributed by atoms with Gasteiger partial charge in [-0.3, -0.25) is 5.32 Å². The molecule has 4 nitrogen and oxygen atoms in total. The van der Waals surface area contributed by atoms with Crippen LogP contribution in [0.25, 0.3) is 0 Å². The van der Waals surface area contributed by atoms with Crippen molar-refractivity contribution in [3.63, 3.8) is 0 Å². The lowest BCUT2D eigenvalue weighted by molar-refractivity contribution is 0.0902. The highest BCUT2D eigenvalue weighted by atomic mass is 16.6. The maximum absolute atomic E-state index is 5.09. The summed E-state index contributed by atoms with van der Waals surface area (Å²) in [6.45, 7) is 7.72. The molecule has 0 aliphatic heterocycles. The van der Waals surface area contributed by atoms with E-state index in [9.17, 15) is 0 Å². The van der Waals surface area contributed by atoms with Crippen LogP contribution in [-0.2, 0) is 9.57 Å². The summed E-state index contributed by atoms with van der Waals surface area (Å²) in [6.07, 6.45) is 1.01. The average molecular weight is 174 g/mol. The van der Waals surface area contributed by atoms with Crippen molar-refractivity contribution in [1.82, 2.24) is 10.8 Å².